The van der Waals surface area contributed by atoms with Crippen molar-refractivity contribution in [2.24, 2.45) is 0 Å². The molecule has 1 aromatic heterocycles. The lowest BCUT2D eigenvalue weighted by Gasteiger charge is -2.25. The third kappa shape index (κ3) is 3.35. The van der Waals surface area contributed by atoms with Crippen molar-refractivity contribution in [1.82, 2.24) is 10.3 Å². The quantitative estimate of drug-likeness (QED) is 0.873. The van der Waals surface area contributed by atoms with E-state index in [-0.39, 0.29) is 18.6 Å². The van der Waals surface area contributed by atoms with Crippen LogP contribution in [0.4, 0.5) is 10.6 Å². The molecule has 2 aliphatic carbocycles. The summed E-state index contributed by atoms with van der Waals surface area (Å²) >= 11 is 0. The van der Waals surface area contributed by atoms with Gasteiger partial charge in [-0.25, -0.2) is 4.79 Å². The van der Waals surface area contributed by atoms with Gasteiger partial charge >= 0.3 is 6.09 Å². The summed E-state index contributed by atoms with van der Waals surface area (Å²) < 4.78 is 10.3. The SMILES string of the molecule is O=C(NC1(C(=O)N(c2cocn2)C2CC2)CC1)OCc1ccccc1. The van der Waals surface area contributed by atoms with Gasteiger partial charge in [0.15, 0.2) is 12.2 Å². The van der Waals surface area contributed by atoms with Crippen molar-refractivity contribution < 1.29 is 18.7 Å². The van der Waals surface area contributed by atoms with E-state index in [1.807, 2.05) is 30.3 Å². The summed E-state index contributed by atoms with van der Waals surface area (Å²) in [6.45, 7) is 0.173. The van der Waals surface area contributed by atoms with Crippen LogP contribution in [0.5, 0.6) is 0 Å². The van der Waals surface area contributed by atoms with Crippen molar-refractivity contribution in [3.05, 3.63) is 48.6 Å². The van der Waals surface area contributed by atoms with Crippen LogP contribution < -0.4 is 10.2 Å². The van der Waals surface area contributed by atoms with Crippen LogP contribution in [0.1, 0.15) is 31.2 Å². The molecule has 2 fully saturated rings. The Morgan fingerprint density at radius 3 is 2.64 bits per heavy atom. The van der Waals surface area contributed by atoms with Gasteiger partial charge in [0.2, 0.25) is 0 Å². The average Bonchev–Trinajstić information content (AvgIpc) is 3.54. The number of anilines is 1. The molecule has 0 unspecified atom stereocenters. The van der Waals surface area contributed by atoms with Crippen molar-refractivity contribution in [2.45, 2.75) is 43.9 Å². The van der Waals surface area contributed by atoms with E-state index in [1.165, 1.54) is 12.7 Å². The Morgan fingerprint density at radius 2 is 2.04 bits per heavy atom. The van der Waals surface area contributed by atoms with Crippen LogP contribution in [0.3, 0.4) is 0 Å². The number of amides is 2. The normalized spacial score (nSPS) is 17.6. The van der Waals surface area contributed by atoms with Gasteiger partial charge in [0, 0.05) is 6.04 Å². The molecule has 2 amide bonds. The minimum atomic E-state index is -0.880. The van der Waals surface area contributed by atoms with Crippen LogP contribution in [-0.4, -0.2) is 28.6 Å². The molecule has 130 valence electrons. The Morgan fingerprint density at radius 1 is 1.28 bits per heavy atom. The highest BCUT2D eigenvalue weighted by molar-refractivity contribution is 6.04. The van der Waals surface area contributed by atoms with Gasteiger partial charge in [0.25, 0.3) is 5.91 Å². The molecule has 2 saturated carbocycles. The minimum Gasteiger partial charge on any atom is -0.449 e. The second kappa shape index (κ2) is 6.23. The van der Waals surface area contributed by atoms with Crippen molar-refractivity contribution >= 4 is 17.8 Å². The maximum atomic E-state index is 13.0. The van der Waals surface area contributed by atoms with E-state index in [1.54, 1.807) is 4.90 Å². The number of nitrogens with zero attached hydrogens (tertiary/aromatic N) is 2. The second-order valence-electron chi connectivity index (χ2n) is 6.52. The highest BCUT2D eigenvalue weighted by atomic mass is 16.5. The Bertz CT molecular complexity index is 752. The molecule has 1 N–H and O–H groups in total. The lowest BCUT2D eigenvalue weighted by atomic mass is 10.2. The lowest BCUT2D eigenvalue weighted by molar-refractivity contribution is -0.121. The van der Waals surface area contributed by atoms with Gasteiger partial charge < -0.3 is 14.5 Å². The number of hydrogen-bond acceptors (Lipinski definition) is 5. The molecule has 4 rings (SSSR count). The Balaban J connectivity index is 1.39. The Hall–Kier alpha value is -2.83. The second-order valence-corrected chi connectivity index (χ2v) is 6.52. The van der Waals surface area contributed by atoms with E-state index >= 15 is 0 Å². The van der Waals surface area contributed by atoms with E-state index in [0.29, 0.717) is 18.7 Å². The van der Waals surface area contributed by atoms with Gasteiger partial charge in [-0.05, 0) is 31.2 Å². The van der Waals surface area contributed by atoms with Gasteiger partial charge in [-0.15, -0.1) is 0 Å². The van der Waals surface area contributed by atoms with Gasteiger partial charge in [-0.3, -0.25) is 9.69 Å². The van der Waals surface area contributed by atoms with Crippen molar-refractivity contribution in [3.8, 4) is 0 Å². The smallest absolute Gasteiger partial charge is 0.408 e. The van der Waals surface area contributed by atoms with Gasteiger partial charge in [-0.1, -0.05) is 30.3 Å². The van der Waals surface area contributed by atoms with E-state index in [2.05, 4.69) is 10.3 Å². The molecule has 0 aliphatic heterocycles. The predicted molar refractivity (Wildman–Crippen MR) is 88.7 cm³/mol. The van der Waals surface area contributed by atoms with Crippen LogP contribution in [-0.2, 0) is 16.1 Å². The topological polar surface area (TPSA) is 84.7 Å². The van der Waals surface area contributed by atoms with Crippen LogP contribution in [0.25, 0.3) is 0 Å². The van der Waals surface area contributed by atoms with Gasteiger partial charge in [0.05, 0.1) is 0 Å². The molecule has 0 saturated heterocycles. The zero-order chi connectivity index (χ0) is 17.3. The first-order chi connectivity index (χ1) is 12.2. The fourth-order valence-corrected chi connectivity index (χ4v) is 2.82. The van der Waals surface area contributed by atoms with Crippen LogP contribution in [0, 0.1) is 0 Å². The Kier molecular flexibility index (Phi) is 3.91. The fraction of sp³-hybridized carbons (Fsp3) is 0.389. The summed E-state index contributed by atoms with van der Waals surface area (Å²) in [5.74, 6) is 0.360. The maximum absolute atomic E-state index is 13.0. The number of alkyl carbamates (subject to hydrolysis) is 1. The maximum Gasteiger partial charge on any atom is 0.408 e. The number of carbonyl (C=O) groups is 2. The number of ether oxygens (including phenoxy) is 1. The molecular weight excluding hydrogens is 322 g/mol. The lowest BCUT2D eigenvalue weighted by Crippen LogP contribution is -2.52. The first-order valence-electron chi connectivity index (χ1n) is 8.39. The summed E-state index contributed by atoms with van der Waals surface area (Å²) in [6.07, 6.45) is 5.27. The van der Waals surface area contributed by atoms with E-state index in [0.717, 1.165) is 18.4 Å². The van der Waals surface area contributed by atoms with Crippen molar-refractivity contribution in [1.29, 1.82) is 0 Å². The van der Waals surface area contributed by atoms with Crippen LogP contribution in [0.15, 0.2) is 47.4 Å². The van der Waals surface area contributed by atoms with Crippen molar-refractivity contribution in [2.75, 3.05) is 4.90 Å². The Labute approximate surface area is 145 Å². The molecule has 0 spiro atoms. The number of hydrogen-bond donors (Lipinski definition) is 1. The number of aromatic nitrogens is 1. The summed E-state index contributed by atoms with van der Waals surface area (Å²) in [6, 6.07) is 9.56. The summed E-state index contributed by atoms with van der Waals surface area (Å²) in [4.78, 5) is 30.9. The first kappa shape index (κ1) is 15.7. The van der Waals surface area contributed by atoms with Crippen molar-refractivity contribution in [3.63, 3.8) is 0 Å². The zero-order valence-electron chi connectivity index (χ0n) is 13.7. The highest BCUT2D eigenvalue weighted by Gasteiger charge is 2.56. The predicted octanol–water partition coefficient (Wildman–Crippen LogP) is 2.63. The third-order valence-electron chi connectivity index (χ3n) is 4.51. The van der Waals surface area contributed by atoms with E-state index in [9.17, 15) is 9.59 Å². The third-order valence-corrected chi connectivity index (χ3v) is 4.51. The van der Waals surface area contributed by atoms with Crippen LogP contribution in [0.2, 0.25) is 0 Å². The molecule has 1 heterocycles. The first-order valence-corrected chi connectivity index (χ1v) is 8.39. The monoisotopic (exact) mass is 341 g/mol. The number of oxazole rings is 1. The number of rotatable bonds is 6. The van der Waals surface area contributed by atoms with Gasteiger partial charge in [0.1, 0.15) is 18.4 Å². The fourth-order valence-electron chi connectivity index (χ4n) is 2.82. The molecule has 0 radical (unpaired) electrons. The minimum absolute atomic E-state index is 0.136. The largest absolute Gasteiger partial charge is 0.449 e. The zero-order valence-corrected chi connectivity index (χ0v) is 13.7. The van der Waals surface area contributed by atoms with E-state index in [4.69, 9.17) is 9.15 Å². The molecular formula is C18H19N3O4. The van der Waals surface area contributed by atoms with E-state index < -0.39 is 11.6 Å². The molecule has 0 bridgehead atoms. The molecule has 2 aliphatic rings. The molecule has 1 aromatic carbocycles. The number of nitrogens with one attached hydrogen (secondary N) is 1. The summed E-state index contributed by atoms with van der Waals surface area (Å²) in [5.41, 5.74) is 0.0194. The van der Waals surface area contributed by atoms with Gasteiger partial charge in [-0.2, -0.15) is 4.98 Å². The highest BCUT2D eigenvalue weighted by Crippen LogP contribution is 2.41. The number of benzene rings is 1. The molecule has 7 heteroatoms. The number of carbonyl (C=O) groups excluding carboxylic acids is 2. The molecule has 7 nitrogen and oxygen atoms in total. The molecule has 2 aromatic rings. The standard InChI is InChI=1S/C18H19N3O4/c22-16(21(14-6-7-14)15-11-24-12-19-15)18(8-9-18)20-17(23)25-10-13-4-2-1-3-5-13/h1-5,11-12,14H,6-10H2,(H,20,23). The summed E-state index contributed by atoms with van der Waals surface area (Å²) in [5, 5.41) is 2.75. The summed E-state index contributed by atoms with van der Waals surface area (Å²) in [7, 11) is 0. The average molecular weight is 341 g/mol. The molecule has 25 heavy (non-hydrogen) atoms. The molecule has 0 atom stereocenters. The van der Waals surface area contributed by atoms with Crippen LogP contribution >= 0.6 is 0 Å².